The minimum Gasteiger partial charge on any atom is -0.467 e. The van der Waals surface area contributed by atoms with Crippen LogP contribution in [0.4, 0.5) is 8.78 Å². The second kappa shape index (κ2) is 5.79. The molecule has 0 radical (unpaired) electrons. The molecule has 19 heavy (non-hydrogen) atoms. The van der Waals surface area contributed by atoms with Crippen molar-refractivity contribution in [1.29, 1.82) is 0 Å². The van der Waals surface area contributed by atoms with Gasteiger partial charge in [-0.1, -0.05) is 23.9 Å². The summed E-state index contributed by atoms with van der Waals surface area (Å²) in [4.78, 5) is 21.6. The number of hydrogen-bond donors (Lipinski definition) is 1. The summed E-state index contributed by atoms with van der Waals surface area (Å²) in [5.74, 6) is -2.20. The zero-order valence-corrected chi connectivity index (χ0v) is 10.6. The summed E-state index contributed by atoms with van der Waals surface area (Å²) in [6.45, 7) is 0. The largest absolute Gasteiger partial charge is 0.467 e. The average Bonchev–Trinajstić information content (AvgIpc) is 2.38. The molecule has 0 atom stereocenters. The number of methoxy groups -OCH3 is 1. The number of rotatable bonds is 4. The van der Waals surface area contributed by atoms with Gasteiger partial charge in [-0.05, 0) is 12.1 Å². The van der Waals surface area contributed by atoms with Gasteiger partial charge in [0.15, 0.2) is 0 Å². The first-order valence-electron chi connectivity index (χ1n) is 5.16. The summed E-state index contributed by atoms with van der Waals surface area (Å²) >= 11 is 0.450. The Labute approximate surface area is 111 Å². The Morgan fingerprint density at radius 3 is 2.53 bits per heavy atom. The molecule has 0 saturated heterocycles. The summed E-state index contributed by atoms with van der Waals surface area (Å²) in [6.07, 6.45) is 0. The third-order valence-electron chi connectivity index (χ3n) is 2.17. The molecule has 0 aliphatic heterocycles. The summed E-state index contributed by atoms with van der Waals surface area (Å²) < 4.78 is 29.1. The molecule has 0 bridgehead atoms. The molecule has 1 aromatic heterocycles. The maximum absolute atomic E-state index is 12.2. The third kappa shape index (κ3) is 3.50. The number of ether oxygens (including phenoxy) is 1. The highest BCUT2D eigenvalue weighted by atomic mass is 32.2. The van der Waals surface area contributed by atoms with Crippen molar-refractivity contribution < 1.29 is 13.5 Å². The molecular formula is C11H9F2N3O2S. The molecule has 1 aromatic carbocycles. The van der Waals surface area contributed by atoms with Crippen LogP contribution >= 0.6 is 11.8 Å². The highest BCUT2D eigenvalue weighted by molar-refractivity contribution is 7.99. The van der Waals surface area contributed by atoms with Gasteiger partial charge in [-0.3, -0.25) is 4.98 Å². The number of benzene rings is 1. The van der Waals surface area contributed by atoms with Crippen molar-refractivity contribution in [2.24, 2.45) is 0 Å². The Morgan fingerprint density at radius 1 is 1.26 bits per heavy atom. The molecule has 0 aliphatic rings. The standard InChI is InChI=1S/C11H9F2N3O2S/c1-18-11-15-8(14-10(17)16-11)6-2-4-7(5-3-6)19-9(12)13/h2-5,9H,1H3,(H,14,15,16,17). The molecule has 0 spiro atoms. The van der Waals surface area contributed by atoms with Gasteiger partial charge >= 0.3 is 11.7 Å². The van der Waals surface area contributed by atoms with Crippen LogP contribution in [0.5, 0.6) is 6.01 Å². The molecule has 0 amide bonds. The van der Waals surface area contributed by atoms with Crippen LogP contribution in [0, 0.1) is 0 Å². The van der Waals surface area contributed by atoms with E-state index in [2.05, 4.69) is 15.0 Å². The monoisotopic (exact) mass is 285 g/mol. The van der Waals surface area contributed by atoms with Crippen LogP contribution in [0.2, 0.25) is 0 Å². The van der Waals surface area contributed by atoms with Gasteiger partial charge < -0.3 is 4.74 Å². The Morgan fingerprint density at radius 2 is 1.95 bits per heavy atom. The molecule has 5 nitrogen and oxygen atoms in total. The number of aromatic nitrogens is 3. The molecule has 8 heteroatoms. The minimum atomic E-state index is -2.47. The van der Waals surface area contributed by atoms with Gasteiger partial charge in [0, 0.05) is 10.5 Å². The van der Waals surface area contributed by atoms with Gasteiger partial charge in [-0.15, -0.1) is 4.98 Å². The molecule has 100 valence electrons. The van der Waals surface area contributed by atoms with Crippen molar-refractivity contribution in [2.45, 2.75) is 10.7 Å². The first-order chi connectivity index (χ1) is 9.08. The van der Waals surface area contributed by atoms with Crippen LogP contribution < -0.4 is 10.4 Å². The van der Waals surface area contributed by atoms with Gasteiger partial charge in [0.25, 0.3) is 5.76 Å². The molecule has 0 fully saturated rings. The van der Waals surface area contributed by atoms with Crippen molar-refractivity contribution in [3.05, 3.63) is 34.7 Å². The van der Waals surface area contributed by atoms with Crippen molar-refractivity contribution in [2.75, 3.05) is 7.11 Å². The van der Waals surface area contributed by atoms with Crippen molar-refractivity contribution >= 4 is 11.8 Å². The van der Waals surface area contributed by atoms with E-state index in [4.69, 9.17) is 4.74 Å². The number of alkyl halides is 2. The van der Waals surface area contributed by atoms with E-state index in [1.165, 1.54) is 19.2 Å². The van der Waals surface area contributed by atoms with E-state index >= 15 is 0 Å². The van der Waals surface area contributed by atoms with Crippen LogP contribution in [-0.2, 0) is 0 Å². The fraction of sp³-hybridized carbons (Fsp3) is 0.182. The maximum Gasteiger partial charge on any atom is 0.351 e. The van der Waals surface area contributed by atoms with Crippen LogP contribution in [0.3, 0.4) is 0 Å². The smallest absolute Gasteiger partial charge is 0.351 e. The van der Waals surface area contributed by atoms with Gasteiger partial charge in [-0.25, -0.2) is 4.79 Å². The molecule has 0 unspecified atom stereocenters. The fourth-order valence-corrected chi connectivity index (χ4v) is 1.89. The SMILES string of the molecule is COc1nc(-c2ccc(SC(F)F)cc2)[nH]c(=O)n1. The van der Waals surface area contributed by atoms with Crippen LogP contribution in [-0.4, -0.2) is 27.8 Å². The fourth-order valence-electron chi connectivity index (χ4n) is 1.39. The summed E-state index contributed by atoms with van der Waals surface area (Å²) in [7, 11) is 1.35. The molecule has 2 rings (SSSR count). The third-order valence-corrected chi connectivity index (χ3v) is 2.89. The second-order valence-corrected chi connectivity index (χ2v) is 4.46. The van der Waals surface area contributed by atoms with E-state index in [-0.39, 0.29) is 11.8 Å². The van der Waals surface area contributed by atoms with Gasteiger partial charge in [0.05, 0.1) is 7.11 Å². The van der Waals surface area contributed by atoms with Crippen LogP contribution in [0.25, 0.3) is 11.4 Å². The van der Waals surface area contributed by atoms with E-state index in [1.54, 1.807) is 12.1 Å². The zero-order chi connectivity index (χ0) is 13.8. The van der Waals surface area contributed by atoms with E-state index in [0.717, 1.165) is 0 Å². The van der Waals surface area contributed by atoms with Gasteiger partial charge in [0.1, 0.15) is 5.82 Å². The molecule has 1 N–H and O–H groups in total. The lowest BCUT2D eigenvalue weighted by atomic mass is 10.2. The van der Waals surface area contributed by atoms with E-state index in [9.17, 15) is 13.6 Å². The van der Waals surface area contributed by atoms with Gasteiger partial charge in [0.2, 0.25) is 0 Å². The van der Waals surface area contributed by atoms with Gasteiger partial charge in [-0.2, -0.15) is 13.8 Å². The zero-order valence-electron chi connectivity index (χ0n) is 9.76. The lowest BCUT2D eigenvalue weighted by Gasteiger charge is -2.04. The molecule has 1 heterocycles. The van der Waals surface area contributed by atoms with Crippen molar-refractivity contribution in [1.82, 2.24) is 15.0 Å². The lowest BCUT2D eigenvalue weighted by molar-refractivity contribution is 0.252. The van der Waals surface area contributed by atoms with Crippen LogP contribution in [0.15, 0.2) is 34.0 Å². The number of aromatic amines is 1. The van der Waals surface area contributed by atoms with Crippen LogP contribution in [0.1, 0.15) is 0 Å². The molecule has 0 saturated carbocycles. The Hall–Kier alpha value is -1.96. The predicted molar refractivity (Wildman–Crippen MR) is 66.5 cm³/mol. The topological polar surface area (TPSA) is 67.9 Å². The number of halogens is 2. The quantitative estimate of drug-likeness (QED) is 0.872. The number of thioether (sulfide) groups is 1. The highest BCUT2D eigenvalue weighted by Gasteiger charge is 2.08. The molecule has 2 aromatic rings. The molecule has 0 aliphatic carbocycles. The number of nitrogens with one attached hydrogen (secondary N) is 1. The normalized spacial score (nSPS) is 10.7. The lowest BCUT2D eigenvalue weighted by Crippen LogP contribution is -2.14. The minimum absolute atomic E-state index is 0.0511. The Balaban J connectivity index is 2.31. The number of hydrogen-bond acceptors (Lipinski definition) is 5. The number of nitrogens with zero attached hydrogens (tertiary/aromatic N) is 2. The summed E-state index contributed by atoms with van der Waals surface area (Å²) in [6, 6.07) is 6.17. The first kappa shape index (κ1) is 13.5. The van der Waals surface area contributed by atoms with E-state index in [1.807, 2.05) is 0 Å². The Kier molecular flexibility index (Phi) is 4.10. The summed E-state index contributed by atoms with van der Waals surface area (Å²) in [5, 5.41) is 0. The first-order valence-corrected chi connectivity index (χ1v) is 6.04. The van der Waals surface area contributed by atoms with Crippen molar-refractivity contribution in [3.63, 3.8) is 0 Å². The highest BCUT2D eigenvalue weighted by Crippen LogP contribution is 2.26. The van der Waals surface area contributed by atoms with E-state index < -0.39 is 11.4 Å². The van der Waals surface area contributed by atoms with Crippen molar-refractivity contribution in [3.8, 4) is 17.4 Å². The molecular weight excluding hydrogens is 276 g/mol. The van der Waals surface area contributed by atoms with E-state index in [0.29, 0.717) is 22.2 Å². The summed E-state index contributed by atoms with van der Waals surface area (Å²) in [5.41, 5.74) is -0.00991. The average molecular weight is 285 g/mol. The second-order valence-electron chi connectivity index (χ2n) is 3.39. The Bertz CT molecular complexity index is 616. The number of H-pyrrole nitrogens is 1. The predicted octanol–water partition coefficient (Wildman–Crippen LogP) is 2.16. The maximum atomic E-state index is 12.2.